The van der Waals surface area contributed by atoms with Crippen LogP contribution in [0.5, 0.6) is 17.2 Å². The van der Waals surface area contributed by atoms with Crippen molar-refractivity contribution in [2.75, 3.05) is 24.4 Å². The third-order valence-corrected chi connectivity index (χ3v) is 8.75. The third-order valence-electron chi connectivity index (χ3n) is 8.75. The number of anilines is 2. The average molecular weight is 597 g/mol. The van der Waals surface area contributed by atoms with Gasteiger partial charge in [-0.3, -0.25) is 14.5 Å². The number of fused-ring (bicyclic) bond motifs is 1. The van der Waals surface area contributed by atoms with Gasteiger partial charge in [-0.2, -0.15) is 0 Å². The minimum absolute atomic E-state index is 0.000364. The monoisotopic (exact) mass is 596 g/mol. The van der Waals surface area contributed by atoms with E-state index in [1.807, 2.05) is 78.6 Å². The highest BCUT2D eigenvalue weighted by molar-refractivity contribution is 6.06. The Balaban J connectivity index is 1.68. The van der Waals surface area contributed by atoms with Crippen LogP contribution in [-0.4, -0.2) is 32.0 Å². The smallest absolute Gasteiger partial charge is 0.227 e. The number of hydrogen-bond acceptors (Lipinski definition) is 6. The third kappa shape index (κ3) is 6.33. The molecule has 2 aliphatic rings. The van der Waals surface area contributed by atoms with Crippen molar-refractivity contribution in [2.45, 2.75) is 83.8 Å². The number of hydrogen-bond donors (Lipinski definition) is 1. The first kappa shape index (κ1) is 31.2. The average Bonchev–Trinajstić information content (AvgIpc) is 3.19. The Morgan fingerprint density at radius 1 is 0.932 bits per heavy atom. The van der Waals surface area contributed by atoms with E-state index >= 15 is 0 Å². The number of Topliss-reactive ketones (excluding diaryl/α,β-unsaturated/α-hetero) is 1. The van der Waals surface area contributed by atoms with Crippen LogP contribution in [0.4, 0.5) is 11.4 Å². The number of amides is 1. The molecule has 1 aliphatic heterocycles. The number of nitrogens with one attached hydrogen (secondary N) is 1. The molecule has 0 saturated heterocycles. The van der Waals surface area contributed by atoms with Crippen LogP contribution in [0.25, 0.3) is 0 Å². The lowest BCUT2D eigenvalue weighted by molar-refractivity contribution is -0.119. The van der Waals surface area contributed by atoms with E-state index in [1.54, 1.807) is 14.2 Å². The molecule has 7 heteroatoms. The summed E-state index contributed by atoms with van der Waals surface area (Å²) >= 11 is 0. The van der Waals surface area contributed by atoms with Gasteiger partial charge in [0.05, 0.1) is 37.7 Å². The molecule has 0 bridgehead atoms. The Bertz CT molecular complexity index is 1530. The van der Waals surface area contributed by atoms with Crippen LogP contribution in [0.2, 0.25) is 0 Å². The van der Waals surface area contributed by atoms with Crippen LogP contribution >= 0.6 is 0 Å². The van der Waals surface area contributed by atoms with Gasteiger partial charge >= 0.3 is 0 Å². The highest BCUT2D eigenvalue weighted by Gasteiger charge is 2.42. The van der Waals surface area contributed by atoms with Gasteiger partial charge in [0.1, 0.15) is 5.75 Å². The molecule has 1 amide bonds. The molecule has 1 aliphatic carbocycles. The van der Waals surface area contributed by atoms with Crippen molar-refractivity contribution < 1.29 is 23.8 Å². The maximum absolute atomic E-state index is 14.5. The normalized spacial score (nSPS) is 18.5. The maximum atomic E-state index is 14.5. The molecular formula is C37H44N2O5. The molecule has 3 aromatic carbocycles. The van der Waals surface area contributed by atoms with E-state index in [2.05, 4.69) is 19.2 Å². The summed E-state index contributed by atoms with van der Waals surface area (Å²) in [6, 6.07) is 21.0. The number of ketones is 1. The number of benzene rings is 3. The molecule has 44 heavy (non-hydrogen) atoms. The number of unbranched alkanes of at least 4 members (excludes halogenated alkanes) is 2. The van der Waals surface area contributed by atoms with E-state index in [0.29, 0.717) is 42.1 Å². The zero-order chi connectivity index (χ0) is 31.2. The largest absolute Gasteiger partial charge is 0.493 e. The van der Waals surface area contributed by atoms with E-state index in [-0.39, 0.29) is 23.7 Å². The van der Waals surface area contributed by atoms with Crippen LogP contribution in [0, 0.1) is 0 Å². The SMILES string of the molecule is CCCCCC(=O)N1c2ccccc2NC2=C(C(=O)CC(c3ccc(OC)c(OC)c3)C2)C1c1ccccc1OC(C)CC. The lowest BCUT2D eigenvalue weighted by Crippen LogP contribution is -2.38. The first-order valence-electron chi connectivity index (χ1n) is 15.8. The lowest BCUT2D eigenvalue weighted by Gasteiger charge is -2.36. The number of allylic oxidation sites excluding steroid dienone is 1. The Morgan fingerprint density at radius 2 is 1.68 bits per heavy atom. The Morgan fingerprint density at radius 3 is 2.43 bits per heavy atom. The predicted octanol–water partition coefficient (Wildman–Crippen LogP) is 8.36. The van der Waals surface area contributed by atoms with Gasteiger partial charge in [0.15, 0.2) is 17.3 Å². The molecule has 0 radical (unpaired) electrons. The molecule has 7 nitrogen and oxygen atoms in total. The molecule has 5 rings (SSSR count). The summed E-state index contributed by atoms with van der Waals surface area (Å²) in [7, 11) is 3.23. The van der Waals surface area contributed by atoms with Crippen LogP contribution < -0.4 is 24.4 Å². The second kappa shape index (κ2) is 14.0. The highest BCUT2D eigenvalue weighted by atomic mass is 16.5. The summed E-state index contributed by atoms with van der Waals surface area (Å²) in [5.74, 6) is 1.92. The summed E-state index contributed by atoms with van der Waals surface area (Å²) in [6.07, 6.45) is 4.92. The summed E-state index contributed by atoms with van der Waals surface area (Å²) < 4.78 is 17.5. The fourth-order valence-corrected chi connectivity index (χ4v) is 6.26. The zero-order valence-electron chi connectivity index (χ0n) is 26.5. The first-order valence-corrected chi connectivity index (χ1v) is 15.8. The summed E-state index contributed by atoms with van der Waals surface area (Å²) in [5, 5.41) is 3.63. The number of para-hydroxylation sites is 3. The van der Waals surface area contributed by atoms with Crippen LogP contribution in [0.15, 0.2) is 78.0 Å². The van der Waals surface area contributed by atoms with E-state index < -0.39 is 6.04 Å². The summed E-state index contributed by atoms with van der Waals surface area (Å²) in [4.78, 5) is 30.6. The topological polar surface area (TPSA) is 77.1 Å². The van der Waals surface area contributed by atoms with E-state index in [1.165, 1.54) is 0 Å². The van der Waals surface area contributed by atoms with Gasteiger partial charge in [-0.25, -0.2) is 0 Å². The second-order valence-electron chi connectivity index (χ2n) is 11.7. The molecule has 0 saturated carbocycles. The van der Waals surface area contributed by atoms with Crippen molar-refractivity contribution in [3.63, 3.8) is 0 Å². The molecule has 3 unspecified atom stereocenters. The minimum atomic E-state index is -0.630. The zero-order valence-corrected chi connectivity index (χ0v) is 26.5. The number of carbonyl (C=O) groups is 2. The van der Waals surface area contributed by atoms with Gasteiger partial charge in [-0.05, 0) is 68.0 Å². The molecule has 0 fully saturated rings. The van der Waals surface area contributed by atoms with Gasteiger partial charge < -0.3 is 19.5 Å². The highest BCUT2D eigenvalue weighted by Crippen LogP contribution is 2.49. The van der Waals surface area contributed by atoms with Crippen molar-refractivity contribution in [1.29, 1.82) is 0 Å². The second-order valence-corrected chi connectivity index (χ2v) is 11.7. The van der Waals surface area contributed by atoms with Gasteiger partial charge in [0.25, 0.3) is 0 Å². The Labute approximate surface area is 261 Å². The van der Waals surface area contributed by atoms with Crippen molar-refractivity contribution in [3.8, 4) is 17.2 Å². The predicted molar refractivity (Wildman–Crippen MR) is 175 cm³/mol. The molecule has 3 aromatic rings. The van der Waals surface area contributed by atoms with Crippen LogP contribution in [-0.2, 0) is 9.59 Å². The van der Waals surface area contributed by atoms with Crippen molar-refractivity contribution in [1.82, 2.24) is 0 Å². The van der Waals surface area contributed by atoms with E-state index in [0.717, 1.165) is 53.9 Å². The van der Waals surface area contributed by atoms with Crippen LogP contribution in [0.1, 0.15) is 88.8 Å². The van der Waals surface area contributed by atoms with Crippen LogP contribution in [0.3, 0.4) is 0 Å². The van der Waals surface area contributed by atoms with Gasteiger partial charge in [-0.15, -0.1) is 0 Å². The molecule has 0 aromatic heterocycles. The molecule has 3 atom stereocenters. The van der Waals surface area contributed by atoms with Gasteiger partial charge in [0, 0.05) is 29.7 Å². The number of carbonyl (C=O) groups excluding carboxylic acids is 2. The minimum Gasteiger partial charge on any atom is -0.493 e. The van der Waals surface area contributed by atoms with Crippen molar-refractivity contribution in [2.24, 2.45) is 0 Å². The fraction of sp³-hybridized carbons (Fsp3) is 0.405. The number of rotatable bonds is 11. The molecule has 1 heterocycles. The van der Waals surface area contributed by atoms with E-state index in [4.69, 9.17) is 14.2 Å². The quantitative estimate of drug-likeness (QED) is 0.224. The summed E-state index contributed by atoms with van der Waals surface area (Å²) in [6.45, 7) is 6.26. The molecule has 232 valence electrons. The van der Waals surface area contributed by atoms with Crippen molar-refractivity contribution >= 4 is 23.1 Å². The lowest BCUT2D eigenvalue weighted by atomic mass is 9.78. The number of nitrogens with zero attached hydrogens (tertiary/aromatic N) is 1. The maximum Gasteiger partial charge on any atom is 0.227 e. The standard InChI is InChI=1S/C37H44N2O5/c1-6-8-9-18-35(41)39-30-16-12-11-15-28(30)38-29-21-26(25-19-20-33(42-4)34(23-25)43-5)22-31(40)36(29)37(39)27-14-10-13-17-32(27)44-24(3)7-2/h10-17,19-20,23-24,26,37-38H,6-9,18,21-22H2,1-5H3. The molecule has 0 spiro atoms. The van der Waals surface area contributed by atoms with Gasteiger partial charge in [-0.1, -0.05) is 63.1 Å². The Kier molecular flexibility index (Phi) is 9.93. The Hall–Kier alpha value is -4.26. The molecule has 1 N–H and O–H groups in total. The van der Waals surface area contributed by atoms with Gasteiger partial charge in [0.2, 0.25) is 5.91 Å². The first-order chi connectivity index (χ1) is 21.4. The van der Waals surface area contributed by atoms with Crippen molar-refractivity contribution in [3.05, 3.63) is 89.1 Å². The van der Waals surface area contributed by atoms with E-state index in [9.17, 15) is 9.59 Å². The number of ether oxygens (including phenoxy) is 3. The summed E-state index contributed by atoms with van der Waals surface area (Å²) in [5.41, 5.74) is 4.87. The fourth-order valence-electron chi connectivity index (χ4n) is 6.26. The number of methoxy groups -OCH3 is 2. The molecular weight excluding hydrogens is 552 g/mol.